The van der Waals surface area contributed by atoms with Crippen LogP contribution < -0.4 is 0 Å². The summed E-state index contributed by atoms with van der Waals surface area (Å²) in [5, 5.41) is 9.11. The summed E-state index contributed by atoms with van der Waals surface area (Å²) in [6.45, 7) is 1.99. The maximum atomic E-state index is 12.5. The van der Waals surface area contributed by atoms with Gasteiger partial charge in [0, 0.05) is 13.2 Å². The second-order valence-electron chi connectivity index (χ2n) is 4.87. The Morgan fingerprint density at radius 2 is 2.19 bits per heavy atom. The van der Waals surface area contributed by atoms with E-state index in [-0.39, 0.29) is 12.2 Å². The van der Waals surface area contributed by atoms with Gasteiger partial charge >= 0.3 is 0 Å². The third kappa shape index (κ3) is 2.34. The molecular formula is C15H15ClN4O. The van der Waals surface area contributed by atoms with Crippen LogP contribution in [0.25, 0.3) is 5.52 Å². The van der Waals surface area contributed by atoms with Crippen molar-refractivity contribution in [3.63, 3.8) is 0 Å². The predicted octanol–water partition coefficient (Wildman–Crippen LogP) is 2.71. The van der Waals surface area contributed by atoms with E-state index in [9.17, 15) is 4.79 Å². The highest BCUT2D eigenvalue weighted by Crippen LogP contribution is 2.23. The highest BCUT2D eigenvalue weighted by molar-refractivity contribution is 6.32. The van der Waals surface area contributed by atoms with E-state index in [1.165, 1.54) is 0 Å². The number of carbonyl (C=O) groups is 1. The Kier molecular flexibility index (Phi) is 3.51. The number of aromatic nitrogens is 4. The highest BCUT2D eigenvalue weighted by atomic mass is 35.5. The van der Waals surface area contributed by atoms with E-state index in [4.69, 9.17) is 11.6 Å². The van der Waals surface area contributed by atoms with E-state index in [1.54, 1.807) is 15.4 Å². The molecule has 0 saturated carbocycles. The molecule has 0 amide bonds. The van der Waals surface area contributed by atoms with Gasteiger partial charge in [-0.05, 0) is 18.6 Å². The molecule has 0 unspecified atom stereocenters. The summed E-state index contributed by atoms with van der Waals surface area (Å²) in [5.74, 6) is -0.0104. The van der Waals surface area contributed by atoms with Crippen LogP contribution in [0.3, 0.4) is 0 Å². The zero-order chi connectivity index (χ0) is 15.0. The Labute approximate surface area is 127 Å². The van der Waals surface area contributed by atoms with Gasteiger partial charge in [-0.2, -0.15) is 10.2 Å². The number of nitrogens with zero attached hydrogens (tertiary/aromatic N) is 4. The minimum atomic E-state index is -0.0104. The van der Waals surface area contributed by atoms with Gasteiger partial charge in [0.1, 0.15) is 0 Å². The van der Waals surface area contributed by atoms with Crippen LogP contribution in [0.4, 0.5) is 0 Å². The van der Waals surface area contributed by atoms with E-state index in [1.807, 2.05) is 38.4 Å². The Balaban J connectivity index is 1.95. The van der Waals surface area contributed by atoms with Crippen LogP contribution >= 0.6 is 11.6 Å². The van der Waals surface area contributed by atoms with E-state index in [0.29, 0.717) is 10.6 Å². The quantitative estimate of drug-likeness (QED) is 0.696. The Morgan fingerprint density at radius 1 is 1.38 bits per heavy atom. The first-order chi connectivity index (χ1) is 10.1. The molecule has 0 radical (unpaired) electrons. The first-order valence-electron chi connectivity index (χ1n) is 6.77. The van der Waals surface area contributed by atoms with Gasteiger partial charge < -0.3 is 0 Å². The van der Waals surface area contributed by atoms with Crippen molar-refractivity contribution >= 4 is 22.9 Å². The van der Waals surface area contributed by atoms with E-state index in [0.717, 1.165) is 23.3 Å². The molecule has 3 rings (SSSR count). The summed E-state index contributed by atoms with van der Waals surface area (Å²) in [4.78, 5) is 12.5. The molecule has 0 N–H and O–H groups in total. The maximum absolute atomic E-state index is 12.5. The molecular weight excluding hydrogens is 288 g/mol. The van der Waals surface area contributed by atoms with Gasteiger partial charge in [0.15, 0.2) is 5.78 Å². The van der Waals surface area contributed by atoms with Gasteiger partial charge in [0.25, 0.3) is 0 Å². The minimum absolute atomic E-state index is 0.0104. The lowest BCUT2D eigenvalue weighted by Crippen LogP contribution is -2.08. The van der Waals surface area contributed by atoms with Gasteiger partial charge in [-0.25, -0.2) is 4.52 Å². The van der Waals surface area contributed by atoms with Crippen LogP contribution in [0.1, 0.15) is 28.7 Å². The van der Waals surface area contributed by atoms with Gasteiger partial charge in [-0.1, -0.05) is 24.6 Å². The van der Waals surface area contributed by atoms with Crippen molar-refractivity contribution in [1.29, 1.82) is 0 Å². The fourth-order valence-electron chi connectivity index (χ4n) is 2.41. The maximum Gasteiger partial charge on any atom is 0.172 e. The number of hydrogen-bond donors (Lipinski definition) is 0. The van der Waals surface area contributed by atoms with E-state index < -0.39 is 0 Å². The van der Waals surface area contributed by atoms with E-state index in [2.05, 4.69) is 10.2 Å². The summed E-state index contributed by atoms with van der Waals surface area (Å²) in [6.07, 6.45) is 4.39. The summed E-state index contributed by atoms with van der Waals surface area (Å²) in [7, 11) is 1.81. The third-order valence-electron chi connectivity index (χ3n) is 3.56. The Bertz CT molecular complexity index is 818. The standard InChI is InChI=1S/C15H15ClN4O/c1-3-11-15(16)13(19(2)18-11)8-14(21)10-9-17-20-7-5-4-6-12(10)20/h4-7,9H,3,8H2,1-2H3. The van der Waals surface area contributed by atoms with Crippen LogP contribution in [0.15, 0.2) is 30.6 Å². The topological polar surface area (TPSA) is 52.2 Å². The fourth-order valence-corrected chi connectivity index (χ4v) is 2.77. The van der Waals surface area contributed by atoms with Gasteiger partial charge in [0.2, 0.25) is 0 Å². The molecule has 0 bridgehead atoms. The van der Waals surface area contributed by atoms with Crippen molar-refractivity contribution in [2.45, 2.75) is 19.8 Å². The second kappa shape index (κ2) is 5.33. The van der Waals surface area contributed by atoms with Crippen LogP contribution in [-0.2, 0) is 19.9 Å². The zero-order valence-electron chi connectivity index (χ0n) is 11.9. The van der Waals surface area contributed by atoms with Crippen molar-refractivity contribution < 1.29 is 4.79 Å². The van der Waals surface area contributed by atoms with Gasteiger partial charge in [-0.3, -0.25) is 9.48 Å². The van der Waals surface area contributed by atoms with Crippen molar-refractivity contribution in [1.82, 2.24) is 19.4 Å². The number of Topliss-reactive ketones (excluding diaryl/α,β-unsaturated/α-hetero) is 1. The first-order valence-corrected chi connectivity index (χ1v) is 7.15. The average molecular weight is 303 g/mol. The van der Waals surface area contributed by atoms with Gasteiger partial charge in [-0.15, -0.1) is 0 Å². The molecule has 3 heterocycles. The Morgan fingerprint density at radius 3 is 2.90 bits per heavy atom. The van der Waals surface area contributed by atoms with Crippen molar-refractivity contribution in [3.8, 4) is 0 Å². The number of hydrogen-bond acceptors (Lipinski definition) is 3. The molecule has 3 aromatic heterocycles. The molecule has 108 valence electrons. The minimum Gasteiger partial charge on any atom is -0.294 e. The van der Waals surface area contributed by atoms with Crippen LogP contribution in [0.5, 0.6) is 0 Å². The predicted molar refractivity (Wildman–Crippen MR) is 80.8 cm³/mol. The summed E-state index contributed by atoms with van der Waals surface area (Å²) in [5.41, 5.74) is 2.97. The number of rotatable bonds is 4. The van der Waals surface area contributed by atoms with E-state index >= 15 is 0 Å². The molecule has 5 nitrogen and oxygen atoms in total. The van der Waals surface area contributed by atoms with Crippen molar-refractivity contribution in [2.24, 2.45) is 7.05 Å². The molecule has 0 aliphatic rings. The lowest BCUT2D eigenvalue weighted by molar-refractivity contribution is 0.0992. The summed E-state index contributed by atoms with van der Waals surface area (Å²) >= 11 is 6.30. The van der Waals surface area contributed by atoms with Crippen LogP contribution in [0.2, 0.25) is 5.02 Å². The summed E-state index contributed by atoms with van der Waals surface area (Å²) in [6, 6.07) is 5.64. The highest BCUT2D eigenvalue weighted by Gasteiger charge is 2.19. The Hall–Kier alpha value is -2.14. The number of fused-ring (bicyclic) bond motifs is 1. The monoisotopic (exact) mass is 302 g/mol. The van der Waals surface area contributed by atoms with Crippen LogP contribution in [0, 0.1) is 0 Å². The number of carbonyl (C=O) groups excluding carboxylic acids is 1. The van der Waals surface area contributed by atoms with Crippen LogP contribution in [-0.4, -0.2) is 25.2 Å². The molecule has 0 aliphatic carbocycles. The smallest absolute Gasteiger partial charge is 0.172 e. The number of ketones is 1. The molecule has 0 fully saturated rings. The SMILES string of the molecule is CCc1nn(C)c(CC(=O)c2cnn3ccccc23)c1Cl. The third-order valence-corrected chi connectivity index (χ3v) is 3.99. The first kappa shape index (κ1) is 13.8. The number of pyridine rings is 1. The molecule has 6 heteroatoms. The molecule has 0 spiro atoms. The largest absolute Gasteiger partial charge is 0.294 e. The molecule has 21 heavy (non-hydrogen) atoms. The second-order valence-corrected chi connectivity index (χ2v) is 5.25. The average Bonchev–Trinajstić information content (AvgIpc) is 3.03. The van der Waals surface area contributed by atoms with Gasteiger partial charge in [0.05, 0.1) is 40.1 Å². The zero-order valence-corrected chi connectivity index (χ0v) is 12.6. The molecule has 0 saturated heterocycles. The fraction of sp³-hybridized carbons (Fsp3) is 0.267. The lowest BCUT2D eigenvalue weighted by atomic mass is 10.1. The normalized spacial score (nSPS) is 11.2. The molecule has 0 atom stereocenters. The van der Waals surface area contributed by atoms with Crippen molar-refractivity contribution in [3.05, 3.63) is 52.6 Å². The molecule has 0 aromatic carbocycles. The molecule has 3 aromatic rings. The number of aryl methyl sites for hydroxylation is 2. The molecule has 0 aliphatic heterocycles. The summed E-state index contributed by atoms with van der Waals surface area (Å²) < 4.78 is 3.38. The lowest BCUT2D eigenvalue weighted by Gasteiger charge is -2.02. The van der Waals surface area contributed by atoms with Crippen molar-refractivity contribution in [2.75, 3.05) is 0 Å². The number of halogens is 1.